The summed E-state index contributed by atoms with van der Waals surface area (Å²) in [7, 11) is -0.791. The maximum Gasteiger partial charge on any atom is 0.244 e. The first-order chi connectivity index (χ1) is 11.4. The Morgan fingerprint density at radius 3 is 2.21 bits per heavy atom. The summed E-state index contributed by atoms with van der Waals surface area (Å²) in [6.07, 6.45) is 0. The Morgan fingerprint density at radius 2 is 1.67 bits per heavy atom. The molecule has 0 unspecified atom stereocenters. The van der Waals surface area contributed by atoms with Crippen molar-refractivity contribution in [2.75, 3.05) is 14.2 Å². The third-order valence-corrected chi connectivity index (χ3v) is 5.20. The number of nitrogens with one attached hydrogen (secondary N) is 1. The molecule has 2 aromatic carbocycles. The minimum Gasteiger partial charge on any atom is -0.497 e. The molecule has 1 N–H and O–H groups in total. The van der Waals surface area contributed by atoms with Crippen LogP contribution in [0.3, 0.4) is 0 Å². The normalized spacial score (nSPS) is 11.5. The van der Waals surface area contributed by atoms with Gasteiger partial charge in [-0.25, -0.2) is 13.1 Å². The van der Waals surface area contributed by atoms with Gasteiger partial charge in [-0.15, -0.1) is 0 Å². The van der Waals surface area contributed by atoms with Crippen molar-refractivity contribution in [2.45, 2.75) is 31.2 Å². The van der Waals surface area contributed by atoms with E-state index in [0.717, 1.165) is 5.56 Å². The fourth-order valence-electron chi connectivity index (χ4n) is 2.27. The maximum atomic E-state index is 12.6. The molecule has 0 heterocycles. The number of methoxy groups -OCH3 is 2. The van der Waals surface area contributed by atoms with E-state index in [2.05, 4.69) is 18.6 Å². The molecule has 0 amide bonds. The third-order valence-electron chi connectivity index (χ3n) is 3.77. The summed E-state index contributed by atoms with van der Waals surface area (Å²) < 4.78 is 38.0. The molecule has 2 aromatic rings. The quantitative estimate of drug-likeness (QED) is 0.833. The fraction of sp³-hybridized carbons (Fsp3) is 0.333. The molecule has 0 fully saturated rings. The first-order valence-corrected chi connectivity index (χ1v) is 9.16. The van der Waals surface area contributed by atoms with Crippen molar-refractivity contribution in [3.05, 3.63) is 53.6 Å². The van der Waals surface area contributed by atoms with E-state index >= 15 is 0 Å². The second-order valence-electron chi connectivity index (χ2n) is 5.74. The number of hydrogen-bond acceptors (Lipinski definition) is 4. The first-order valence-electron chi connectivity index (χ1n) is 7.68. The van der Waals surface area contributed by atoms with Gasteiger partial charge in [-0.3, -0.25) is 0 Å². The van der Waals surface area contributed by atoms with Gasteiger partial charge in [-0.2, -0.15) is 0 Å². The van der Waals surface area contributed by atoms with Gasteiger partial charge in [0.2, 0.25) is 10.0 Å². The van der Waals surface area contributed by atoms with Crippen LogP contribution in [0.4, 0.5) is 0 Å². The molecule has 0 saturated heterocycles. The SMILES string of the molecule is COc1ccc(OC)c(S(=O)(=O)NCc2ccc(C(C)C)cc2)c1. The van der Waals surface area contributed by atoms with Crippen LogP contribution in [0, 0.1) is 0 Å². The zero-order chi connectivity index (χ0) is 17.7. The lowest BCUT2D eigenvalue weighted by molar-refractivity contribution is 0.392. The lowest BCUT2D eigenvalue weighted by Crippen LogP contribution is -2.23. The fourth-order valence-corrected chi connectivity index (χ4v) is 3.47. The molecule has 0 bridgehead atoms. The smallest absolute Gasteiger partial charge is 0.244 e. The Morgan fingerprint density at radius 1 is 1.00 bits per heavy atom. The van der Waals surface area contributed by atoms with Crippen molar-refractivity contribution in [2.24, 2.45) is 0 Å². The van der Waals surface area contributed by atoms with Crippen LogP contribution in [0.2, 0.25) is 0 Å². The highest BCUT2D eigenvalue weighted by atomic mass is 32.2. The van der Waals surface area contributed by atoms with Gasteiger partial charge in [0.15, 0.2) is 0 Å². The van der Waals surface area contributed by atoms with Gasteiger partial charge in [-0.1, -0.05) is 38.1 Å². The molecule has 0 atom stereocenters. The van der Waals surface area contributed by atoms with Crippen molar-refractivity contribution in [1.29, 1.82) is 0 Å². The number of benzene rings is 2. The van der Waals surface area contributed by atoms with E-state index in [-0.39, 0.29) is 17.2 Å². The van der Waals surface area contributed by atoms with Gasteiger partial charge in [-0.05, 0) is 29.2 Å². The lowest BCUT2D eigenvalue weighted by atomic mass is 10.0. The average molecular weight is 349 g/mol. The van der Waals surface area contributed by atoms with Crippen molar-refractivity contribution >= 4 is 10.0 Å². The number of rotatable bonds is 7. The number of ether oxygens (including phenoxy) is 2. The molecule has 0 aliphatic heterocycles. The van der Waals surface area contributed by atoms with Crippen molar-refractivity contribution in [3.8, 4) is 11.5 Å². The molecular formula is C18H23NO4S. The highest BCUT2D eigenvalue weighted by Crippen LogP contribution is 2.28. The van der Waals surface area contributed by atoms with Gasteiger partial charge in [0.1, 0.15) is 16.4 Å². The number of sulfonamides is 1. The van der Waals surface area contributed by atoms with Crippen LogP contribution in [-0.2, 0) is 16.6 Å². The van der Waals surface area contributed by atoms with Gasteiger partial charge < -0.3 is 9.47 Å². The molecule has 130 valence electrons. The summed E-state index contributed by atoms with van der Waals surface area (Å²) in [5, 5.41) is 0. The Bertz CT molecular complexity index is 783. The Hall–Kier alpha value is -2.05. The monoisotopic (exact) mass is 349 g/mol. The van der Waals surface area contributed by atoms with Gasteiger partial charge in [0.25, 0.3) is 0 Å². The lowest BCUT2D eigenvalue weighted by Gasteiger charge is -2.12. The second-order valence-corrected chi connectivity index (χ2v) is 7.47. The van der Waals surface area contributed by atoms with Crippen LogP contribution >= 0.6 is 0 Å². The standard InChI is InChI=1S/C18H23NO4S/c1-13(2)15-7-5-14(6-8-15)12-19-24(20,21)18-11-16(22-3)9-10-17(18)23-4/h5-11,13,19H,12H2,1-4H3. The van der Waals surface area contributed by atoms with E-state index in [9.17, 15) is 8.42 Å². The van der Waals surface area contributed by atoms with E-state index in [1.54, 1.807) is 12.1 Å². The maximum absolute atomic E-state index is 12.6. The van der Waals surface area contributed by atoms with Crippen LogP contribution in [0.1, 0.15) is 30.9 Å². The van der Waals surface area contributed by atoms with E-state index in [1.165, 1.54) is 25.8 Å². The molecule has 0 aliphatic rings. The molecule has 5 nitrogen and oxygen atoms in total. The molecule has 0 saturated carbocycles. The first kappa shape index (κ1) is 18.3. The van der Waals surface area contributed by atoms with E-state index < -0.39 is 10.0 Å². The number of hydrogen-bond donors (Lipinski definition) is 1. The van der Waals surface area contributed by atoms with Crippen LogP contribution < -0.4 is 14.2 Å². The molecular weight excluding hydrogens is 326 g/mol. The Balaban J connectivity index is 2.19. The topological polar surface area (TPSA) is 64.6 Å². The average Bonchev–Trinajstić information content (AvgIpc) is 2.59. The molecule has 2 rings (SSSR count). The van der Waals surface area contributed by atoms with Crippen LogP contribution in [0.15, 0.2) is 47.4 Å². The van der Waals surface area contributed by atoms with Crippen molar-refractivity contribution in [3.63, 3.8) is 0 Å². The molecule has 0 radical (unpaired) electrons. The summed E-state index contributed by atoms with van der Waals surface area (Å²) >= 11 is 0. The van der Waals surface area contributed by atoms with Crippen LogP contribution in [-0.4, -0.2) is 22.6 Å². The Labute approximate surface area is 143 Å². The van der Waals surface area contributed by atoms with Gasteiger partial charge in [0.05, 0.1) is 14.2 Å². The van der Waals surface area contributed by atoms with Gasteiger partial charge in [0, 0.05) is 12.6 Å². The van der Waals surface area contributed by atoms with Gasteiger partial charge >= 0.3 is 0 Å². The van der Waals surface area contributed by atoms with E-state index in [4.69, 9.17) is 9.47 Å². The van der Waals surface area contributed by atoms with Crippen molar-refractivity contribution in [1.82, 2.24) is 4.72 Å². The molecule has 24 heavy (non-hydrogen) atoms. The highest BCUT2D eigenvalue weighted by Gasteiger charge is 2.20. The zero-order valence-corrected chi connectivity index (χ0v) is 15.2. The van der Waals surface area contributed by atoms with Crippen molar-refractivity contribution < 1.29 is 17.9 Å². The molecule has 6 heteroatoms. The second kappa shape index (κ2) is 7.68. The minimum atomic E-state index is -3.72. The van der Waals surface area contributed by atoms with E-state index in [0.29, 0.717) is 11.7 Å². The predicted octanol–water partition coefficient (Wildman–Crippen LogP) is 3.31. The van der Waals surface area contributed by atoms with E-state index in [1.807, 2.05) is 24.3 Å². The van der Waals surface area contributed by atoms with Crippen LogP contribution in [0.5, 0.6) is 11.5 Å². The Kier molecular flexibility index (Phi) is 5.85. The molecule has 0 aliphatic carbocycles. The molecule has 0 spiro atoms. The summed E-state index contributed by atoms with van der Waals surface area (Å²) in [5.41, 5.74) is 2.11. The highest BCUT2D eigenvalue weighted by molar-refractivity contribution is 7.89. The zero-order valence-electron chi connectivity index (χ0n) is 14.4. The summed E-state index contributed by atoms with van der Waals surface area (Å²) in [5.74, 6) is 1.17. The minimum absolute atomic E-state index is 0.0585. The van der Waals surface area contributed by atoms with Crippen LogP contribution in [0.25, 0.3) is 0 Å². The molecule has 0 aromatic heterocycles. The summed E-state index contributed by atoms with van der Waals surface area (Å²) in [4.78, 5) is 0.0585. The predicted molar refractivity (Wildman–Crippen MR) is 94.1 cm³/mol. The third kappa shape index (κ3) is 4.27. The summed E-state index contributed by atoms with van der Waals surface area (Å²) in [6.45, 7) is 4.45. The largest absolute Gasteiger partial charge is 0.497 e. The summed E-state index contributed by atoms with van der Waals surface area (Å²) in [6, 6.07) is 12.6.